The molecule has 0 saturated heterocycles. The standard InChI is InChI=1S/C14H15ClN4O2/c1-3-12-17-13(15)9(2)14(18-12)16-8-10-5-4-6-11(7-10)19(20)21/h4-7H,3,8H2,1-2H3,(H,16,17,18). The van der Waals surface area contributed by atoms with Crippen molar-refractivity contribution in [1.29, 1.82) is 0 Å². The number of nitro groups is 1. The molecule has 1 N–H and O–H groups in total. The molecule has 1 heterocycles. The van der Waals surface area contributed by atoms with E-state index in [2.05, 4.69) is 15.3 Å². The molecule has 0 amide bonds. The molecule has 2 rings (SSSR count). The van der Waals surface area contributed by atoms with E-state index in [0.29, 0.717) is 29.8 Å². The molecule has 0 saturated carbocycles. The average molecular weight is 307 g/mol. The van der Waals surface area contributed by atoms with Crippen molar-refractivity contribution in [3.05, 3.63) is 56.5 Å². The summed E-state index contributed by atoms with van der Waals surface area (Å²) in [6.45, 7) is 4.21. The summed E-state index contributed by atoms with van der Waals surface area (Å²) < 4.78 is 0. The largest absolute Gasteiger partial charge is 0.366 e. The molecule has 0 aliphatic carbocycles. The van der Waals surface area contributed by atoms with E-state index in [1.165, 1.54) is 12.1 Å². The lowest BCUT2D eigenvalue weighted by Gasteiger charge is -2.11. The Morgan fingerprint density at radius 3 is 2.81 bits per heavy atom. The topological polar surface area (TPSA) is 81.0 Å². The van der Waals surface area contributed by atoms with Crippen LogP contribution in [-0.4, -0.2) is 14.9 Å². The maximum Gasteiger partial charge on any atom is 0.269 e. The molecule has 1 aromatic heterocycles. The van der Waals surface area contributed by atoms with Crippen LogP contribution >= 0.6 is 11.6 Å². The van der Waals surface area contributed by atoms with Gasteiger partial charge >= 0.3 is 0 Å². The number of halogens is 1. The number of rotatable bonds is 5. The van der Waals surface area contributed by atoms with Crippen LogP contribution in [0.1, 0.15) is 23.9 Å². The number of hydrogen-bond donors (Lipinski definition) is 1. The highest BCUT2D eigenvalue weighted by Crippen LogP contribution is 2.21. The molecule has 2 aromatic rings. The van der Waals surface area contributed by atoms with Crippen LogP contribution in [0.4, 0.5) is 11.5 Å². The van der Waals surface area contributed by atoms with Crippen LogP contribution in [0, 0.1) is 17.0 Å². The van der Waals surface area contributed by atoms with Gasteiger partial charge < -0.3 is 5.32 Å². The first-order valence-corrected chi connectivity index (χ1v) is 6.89. The minimum Gasteiger partial charge on any atom is -0.366 e. The molecule has 0 atom stereocenters. The summed E-state index contributed by atoms with van der Waals surface area (Å²) in [5, 5.41) is 14.3. The smallest absolute Gasteiger partial charge is 0.269 e. The Morgan fingerprint density at radius 1 is 1.38 bits per heavy atom. The van der Waals surface area contributed by atoms with E-state index < -0.39 is 4.92 Å². The summed E-state index contributed by atoms with van der Waals surface area (Å²) in [5.41, 5.74) is 1.64. The average Bonchev–Trinajstić information content (AvgIpc) is 2.48. The van der Waals surface area contributed by atoms with Gasteiger partial charge in [0, 0.05) is 30.7 Å². The zero-order valence-corrected chi connectivity index (χ0v) is 12.5. The number of aromatic nitrogens is 2. The van der Waals surface area contributed by atoms with Crippen molar-refractivity contribution in [2.75, 3.05) is 5.32 Å². The first-order valence-electron chi connectivity index (χ1n) is 6.51. The van der Waals surface area contributed by atoms with Crippen molar-refractivity contribution in [2.24, 2.45) is 0 Å². The fourth-order valence-corrected chi connectivity index (χ4v) is 2.02. The minimum atomic E-state index is -0.411. The lowest BCUT2D eigenvalue weighted by molar-refractivity contribution is -0.384. The van der Waals surface area contributed by atoms with Crippen LogP contribution in [0.25, 0.3) is 0 Å². The van der Waals surface area contributed by atoms with Gasteiger partial charge in [-0.25, -0.2) is 9.97 Å². The maximum absolute atomic E-state index is 10.8. The molecule has 0 aliphatic heterocycles. The normalized spacial score (nSPS) is 10.4. The van der Waals surface area contributed by atoms with Gasteiger partial charge in [0.25, 0.3) is 5.69 Å². The highest BCUT2D eigenvalue weighted by molar-refractivity contribution is 6.30. The van der Waals surface area contributed by atoms with Gasteiger partial charge in [-0.05, 0) is 12.5 Å². The Bertz CT molecular complexity index is 676. The molecule has 0 bridgehead atoms. The van der Waals surface area contributed by atoms with Crippen molar-refractivity contribution < 1.29 is 4.92 Å². The Labute approximate surface area is 127 Å². The SMILES string of the molecule is CCc1nc(Cl)c(C)c(NCc2cccc([N+](=O)[O-])c2)n1. The molecule has 7 heteroatoms. The monoisotopic (exact) mass is 306 g/mol. The molecule has 0 fully saturated rings. The van der Waals surface area contributed by atoms with Crippen molar-refractivity contribution in [2.45, 2.75) is 26.8 Å². The van der Waals surface area contributed by atoms with Crippen LogP contribution < -0.4 is 5.32 Å². The third-order valence-corrected chi connectivity index (χ3v) is 3.40. The van der Waals surface area contributed by atoms with Crippen molar-refractivity contribution in [3.63, 3.8) is 0 Å². The summed E-state index contributed by atoms with van der Waals surface area (Å²) >= 11 is 6.07. The van der Waals surface area contributed by atoms with Gasteiger partial charge in [0.1, 0.15) is 16.8 Å². The van der Waals surface area contributed by atoms with E-state index in [0.717, 1.165) is 11.1 Å². The summed E-state index contributed by atoms with van der Waals surface area (Å²) in [7, 11) is 0. The third kappa shape index (κ3) is 3.66. The van der Waals surface area contributed by atoms with Crippen molar-refractivity contribution in [3.8, 4) is 0 Å². The molecule has 0 aliphatic rings. The number of nitro benzene ring substituents is 1. The maximum atomic E-state index is 10.8. The fraction of sp³-hybridized carbons (Fsp3) is 0.286. The number of nitrogens with zero attached hydrogens (tertiary/aromatic N) is 3. The molecule has 0 unspecified atom stereocenters. The third-order valence-electron chi connectivity index (χ3n) is 3.03. The minimum absolute atomic E-state index is 0.0704. The number of benzene rings is 1. The molecule has 0 spiro atoms. The molecule has 0 radical (unpaired) electrons. The van der Waals surface area contributed by atoms with E-state index in [9.17, 15) is 10.1 Å². The van der Waals surface area contributed by atoms with E-state index in [1.807, 2.05) is 19.9 Å². The van der Waals surface area contributed by atoms with Gasteiger partial charge in [0.15, 0.2) is 0 Å². The highest BCUT2D eigenvalue weighted by atomic mass is 35.5. The summed E-state index contributed by atoms with van der Waals surface area (Å²) in [6, 6.07) is 6.47. The zero-order valence-electron chi connectivity index (χ0n) is 11.8. The van der Waals surface area contributed by atoms with Crippen LogP contribution in [0.15, 0.2) is 24.3 Å². The van der Waals surface area contributed by atoms with E-state index >= 15 is 0 Å². The summed E-state index contributed by atoms with van der Waals surface area (Å²) in [5.74, 6) is 1.31. The van der Waals surface area contributed by atoms with Gasteiger partial charge in [0.05, 0.1) is 4.92 Å². The van der Waals surface area contributed by atoms with Gasteiger partial charge in [-0.1, -0.05) is 30.7 Å². The number of anilines is 1. The Kier molecular flexibility index (Phi) is 4.70. The molecular weight excluding hydrogens is 292 g/mol. The van der Waals surface area contributed by atoms with Gasteiger partial charge in [-0.3, -0.25) is 10.1 Å². The zero-order chi connectivity index (χ0) is 15.4. The van der Waals surface area contributed by atoms with E-state index in [1.54, 1.807) is 6.07 Å². The molecular formula is C14H15ClN4O2. The predicted octanol–water partition coefficient (Wildman–Crippen LogP) is 3.52. The summed E-state index contributed by atoms with van der Waals surface area (Å²) in [6.07, 6.45) is 0.686. The number of hydrogen-bond acceptors (Lipinski definition) is 5. The van der Waals surface area contributed by atoms with Crippen LogP contribution in [-0.2, 0) is 13.0 Å². The number of aryl methyl sites for hydroxylation is 1. The Morgan fingerprint density at radius 2 is 2.14 bits per heavy atom. The molecule has 1 aromatic carbocycles. The van der Waals surface area contributed by atoms with E-state index in [-0.39, 0.29) is 5.69 Å². The second-order valence-electron chi connectivity index (χ2n) is 4.54. The highest BCUT2D eigenvalue weighted by Gasteiger charge is 2.09. The van der Waals surface area contributed by atoms with Gasteiger partial charge in [-0.2, -0.15) is 0 Å². The molecule has 6 nitrogen and oxygen atoms in total. The van der Waals surface area contributed by atoms with Crippen LogP contribution in [0.3, 0.4) is 0 Å². The van der Waals surface area contributed by atoms with Crippen LogP contribution in [0.5, 0.6) is 0 Å². The van der Waals surface area contributed by atoms with Gasteiger partial charge in [0.2, 0.25) is 0 Å². The molecule has 110 valence electrons. The Hall–Kier alpha value is -2.21. The van der Waals surface area contributed by atoms with E-state index in [4.69, 9.17) is 11.6 Å². The van der Waals surface area contributed by atoms with Crippen molar-refractivity contribution >= 4 is 23.1 Å². The lowest BCUT2D eigenvalue weighted by atomic mass is 10.2. The number of nitrogens with one attached hydrogen (secondary N) is 1. The summed E-state index contributed by atoms with van der Waals surface area (Å²) in [4.78, 5) is 18.9. The van der Waals surface area contributed by atoms with Crippen LogP contribution in [0.2, 0.25) is 5.15 Å². The predicted molar refractivity (Wildman–Crippen MR) is 81.6 cm³/mol. The molecule has 21 heavy (non-hydrogen) atoms. The first kappa shape index (κ1) is 15.2. The fourth-order valence-electron chi connectivity index (χ4n) is 1.83. The second kappa shape index (κ2) is 6.49. The first-order chi connectivity index (χ1) is 10.0. The Balaban J connectivity index is 2.18. The quantitative estimate of drug-likeness (QED) is 0.519. The van der Waals surface area contributed by atoms with Gasteiger partial charge in [-0.15, -0.1) is 0 Å². The number of non-ortho nitro benzene ring substituents is 1. The van der Waals surface area contributed by atoms with Crippen molar-refractivity contribution in [1.82, 2.24) is 9.97 Å². The lowest BCUT2D eigenvalue weighted by Crippen LogP contribution is -2.07. The second-order valence-corrected chi connectivity index (χ2v) is 4.90.